The highest BCUT2D eigenvalue weighted by Crippen LogP contribution is 2.36. The van der Waals surface area contributed by atoms with E-state index in [1.54, 1.807) is 21.9 Å². The lowest BCUT2D eigenvalue weighted by molar-refractivity contribution is 0.210. The van der Waals surface area contributed by atoms with Gasteiger partial charge in [-0.25, -0.2) is 9.18 Å². The van der Waals surface area contributed by atoms with Gasteiger partial charge in [0.2, 0.25) is 0 Å². The minimum Gasteiger partial charge on any atom is -0.369 e. The van der Waals surface area contributed by atoms with Gasteiger partial charge in [0.1, 0.15) is 5.82 Å². The number of urea groups is 1. The summed E-state index contributed by atoms with van der Waals surface area (Å²) < 4.78 is 13.2. The molecular formula is C20H23FN4O. The second kappa shape index (κ2) is 6.96. The van der Waals surface area contributed by atoms with Crippen LogP contribution >= 0.6 is 0 Å². The molecule has 0 radical (unpaired) electrons. The van der Waals surface area contributed by atoms with Gasteiger partial charge in [-0.2, -0.15) is 0 Å². The highest BCUT2D eigenvalue weighted by molar-refractivity contribution is 5.96. The summed E-state index contributed by atoms with van der Waals surface area (Å²) in [6, 6.07) is 12.5. The number of piperazine rings is 1. The Morgan fingerprint density at radius 3 is 2.46 bits per heavy atom. The standard InChI is InChI=1S/C20H23FN4O/c1-23-14-17-18(24-11-9-22-10-12-24)3-2-4-19(17)25(20(23)26)13-15-5-7-16(21)8-6-15/h2-8,22H,9-14H2,1H3. The first kappa shape index (κ1) is 16.8. The van der Waals surface area contributed by atoms with E-state index in [4.69, 9.17) is 0 Å². The van der Waals surface area contributed by atoms with Crippen LogP contribution in [0.25, 0.3) is 0 Å². The van der Waals surface area contributed by atoms with Crippen LogP contribution in [0.1, 0.15) is 11.1 Å². The van der Waals surface area contributed by atoms with Gasteiger partial charge < -0.3 is 15.1 Å². The lowest BCUT2D eigenvalue weighted by atomic mass is 10.0. The van der Waals surface area contributed by atoms with Crippen molar-refractivity contribution in [2.45, 2.75) is 13.1 Å². The van der Waals surface area contributed by atoms with Crippen molar-refractivity contribution >= 4 is 17.4 Å². The van der Waals surface area contributed by atoms with E-state index in [1.807, 2.05) is 19.2 Å². The second-order valence-corrected chi connectivity index (χ2v) is 6.86. The first-order valence-corrected chi connectivity index (χ1v) is 8.98. The van der Waals surface area contributed by atoms with Gasteiger partial charge in [-0.3, -0.25) is 4.90 Å². The predicted molar refractivity (Wildman–Crippen MR) is 101 cm³/mol. The Bertz CT molecular complexity index is 802. The molecule has 4 rings (SSSR count). The Morgan fingerprint density at radius 2 is 1.73 bits per heavy atom. The number of halogens is 1. The van der Waals surface area contributed by atoms with E-state index < -0.39 is 0 Å². The number of rotatable bonds is 3. The van der Waals surface area contributed by atoms with E-state index in [0.29, 0.717) is 13.1 Å². The zero-order valence-electron chi connectivity index (χ0n) is 14.9. The fourth-order valence-corrected chi connectivity index (χ4v) is 3.72. The van der Waals surface area contributed by atoms with E-state index in [9.17, 15) is 9.18 Å². The maximum atomic E-state index is 13.2. The van der Waals surface area contributed by atoms with Crippen LogP contribution in [0.3, 0.4) is 0 Å². The number of nitrogens with one attached hydrogen (secondary N) is 1. The average Bonchev–Trinajstić information content (AvgIpc) is 2.67. The smallest absolute Gasteiger partial charge is 0.324 e. The molecule has 1 N–H and O–H groups in total. The molecule has 0 unspecified atom stereocenters. The largest absolute Gasteiger partial charge is 0.369 e. The summed E-state index contributed by atoms with van der Waals surface area (Å²) in [6.45, 7) is 4.91. The minimum atomic E-state index is -0.266. The van der Waals surface area contributed by atoms with Crippen molar-refractivity contribution in [3.05, 3.63) is 59.4 Å². The summed E-state index contributed by atoms with van der Waals surface area (Å²) in [7, 11) is 1.83. The van der Waals surface area contributed by atoms with Crippen LogP contribution in [-0.2, 0) is 13.1 Å². The number of hydrogen-bond acceptors (Lipinski definition) is 3. The maximum Gasteiger partial charge on any atom is 0.324 e. The Morgan fingerprint density at radius 1 is 1.04 bits per heavy atom. The van der Waals surface area contributed by atoms with E-state index in [1.165, 1.54) is 23.4 Å². The quantitative estimate of drug-likeness (QED) is 0.921. The second-order valence-electron chi connectivity index (χ2n) is 6.86. The molecule has 2 aliphatic rings. The molecule has 6 heteroatoms. The van der Waals surface area contributed by atoms with Crippen molar-refractivity contribution in [3.8, 4) is 0 Å². The molecular weight excluding hydrogens is 331 g/mol. The molecule has 0 atom stereocenters. The lowest BCUT2D eigenvalue weighted by Crippen LogP contribution is -2.47. The maximum absolute atomic E-state index is 13.2. The highest BCUT2D eigenvalue weighted by Gasteiger charge is 2.31. The summed E-state index contributed by atoms with van der Waals surface area (Å²) in [4.78, 5) is 18.7. The molecule has 1 saturated heterocycles. The van der Waals surface area contributed by atoms with E-state index >= 15 is 0 Å². The molecule has 26 heavy (non-hydrogen) atoms. The van der Waals surface area contributed by atoms with Gasteiger partial charge in [-0.1, -0.05) is 18.2 Å². The summed E-state index contributed by atoms with van der Waals surface area (Å²) in [5.41, 5.74) is 4.24. The van der Waals surface area contributed by atoms with Crippen LogP contribution in [0.5, 0.6) is 0 Å². The van der Waals surface area contributed by atoms with Crippen LogP contribution in [-0.4, -0.2) is 44.2 Å². The summed E-state index contributed by atoms with van der Waals surface area (Å²) >= 11 is 0. The molecule has 2 aromatic rings. The number of carbonyl (C=O) groups excluding carboxylic acids is 1. The lowest BCUT2D eigenvalue weighted by Gasteiger charge is -2.39. The first-order valence-electron chi connectivity index (χ1n) is 8.98. The van der Waals surface area contributed by atoms with Crippen molar-refractivity contribution in [2.24, 2.45) is 0 Å². The summed E-state index contributed by atoms with van der Waals surface area (Å²) in [6.07, 6.45) is 0. The van der Waals surface area contributed by atoms with E-state index in [-0.39, 0.29) is 11.8 Å². The normalized spacial score (nSPS) is 17.5. The molecule has 1 fully saturated rings. The van der Waals surface area contributed by atoms with E-state index in [2.05, 4.69) is 16.3 Å². The Kier molecular flexibility index (Phi) is 4.51. The zero-order chi connectivity index (χ0) is 18.1. The van der Waals surface area contributed by atoms with Crippen LogP contribution in [0.4, 0.5) is 20.6 Å². The van der Waals surface area contributed by atoms with Crippen LogP contribution in [0, 0.1) is 5.82 Å². The van der Waals surface area contributed by atoms with Gasteiger partial charge >= 0.3 is 6.03 Å². The Hall–Kier alpha value is -2.60. The van der Waals surface area contributed by atoms with Crippen LogP contribution in [0.15, 0.2) is 42.5 Å². The number of anilines is 2. The average molecular weight is 354 g/mol. The van der Waals surface area contributed by atoms with Crippen molar-refractivity contribution in [1.29, 1.82) is 0 Å². The molecule has 136 valence electrons. The van der Waals surface area contributed by atoms with Gasteiger partial charge in [0.25, 0.3) is 0 Å². The van der Waals surface area contributed by atoms with Crippen molar-refractivity contribution in [1.82, 2.24) is 10.2 Å². The monoisotopic (exact) mass is 354 g/mol. The van der Waals surface area contributed by atoms with E-state index in [0.717, 1.165) is 37.4 Å². The van der Waals surface area contributed by atoms with Gasteiger partial charge in [-0.05, 0) is 29.8 Å². The van der Waals surface area contributed by atoms with Crippen molar-refractivity contribution in [2.75, 3.05) is 43.0 Å². The number of nitrogens with zero attached hydrogens (tertiary/aromatic N) is 3. The molecule has 0 saturated carbocycles. The van der Waals surface area contributed by atoms with Gasteiger partial charge in [-0.15, -0.1) is 0 Å². The summed E-state index contributed by atoms with van der Waals surface area (Å²) in [5.74, 6) is -0.266. The molecule has 2 aromatic carbocycles. The fraction of sp³-hybridized carbons (Fsp3) is 0.350. The molecule has 2 aliphatic heterocycles. The van der Waals surface area contributed by atoms with Crippen LogP contribution in [0.2, 0.25) is 0 Å². The molecule has 2 amide bonds. The number of carbonyl (C=O) groups is 1. The molecule has 0 spiro atoms. The number of benzene rings is 2. The Labute approximate surface area is 153 Å². The first-order chi connectivity index (χ1) is 12.6. The van der Waals surface area contributed by atoms with Gasteiger partial charge in [0.05, 0.1) is 18.8 Å². The van der Waals surface area contributed by atoms with Gasteiger partial charge in [0, 0.05) is 44.5 Å². The van der Waals surface area contributed by atoms with Crippen molar-refractivity contribution in [3.63, 3.8) is 0 Å². The number of fused-ring (bicyclic) bond motifs is 1. The molecule has 0 bridgehead atoms. The third kappa shape index (κ3) is 3.12. The van der Waals surface area contributed by atoms with Crippen LogP contribution < -0.4 is 15.1 Å². The topological polar surface area (TPSA) is 38.8 Å². The fourth-order valence-electron chi connectivity index (χ4n) is 3.72. The minimum absolute atomic E-state index is 0.0284. The molecule has 0 aliphatic carbocycles. The third-order valence-electron chi connectivity index (χ3n) is 5.08. The summed E-state index contributed by atoms with van der Waals surface area (Å²) in [5, 5.41) is 3.38. The number of amides is 2. The highest BCUT2D eigenvalue weighted by atomic mass is 19.1. The van der Waals surface area contributed by atoms with Crippen molar-refractivity contribution < 1.29 is 9.18 Å². The zero-order valence-corrected chi connectivity index (χ0v) is 14.9. The Balaban J connectivity index is 1.70. The third-order valence-corrected chi connectivity index (χ3v) is 5.08. The predicted octanol–water partition coefficient (Wildman–Crippen LogP) is 2.81. The number of hydrogen-bond donors (Lipinski definition) is 1. The van der Waals surface area contributed by atoms with Gasteiger partial charge in [0.15, 0.2) is 0 Å². The molecule has 2 heterocycles. The molecule has 5 nitrogen and oxygen atoms in total. The SMILES string of the molecule is CN1Cc2c(N3CCNCC3)cccc2N(Cc2ccc(F)cc2)C1=O. The molecule has 0 aromatic heterocycles.